The number of pyridine rings is 1. The Bertz CT molecular complexity index is 512. The Balaban J connectivity index is 2.54. The smallest absolute Gasteiger partial charge is 0.159 e. The zero-order valence-electron chi connectivity index (χ0n) is 8.45. The van der Waals surface area contributed by atoms with Gasteiger partial charge in [-0.25, -0.2) is 8.78 Å². The molecular weight excluding hydrogens is 210 g/mol. The molecule has 2 rings (SSSR count). The summed E-state index contributed by atoms with van der Waals surface area (Å²) < 4.78 is 25.8. The van der Waals surface area contributed by atoms with E-state index in [2.05, 4.69) is 4.98 Å². The molecule has 4 heteroatoms. The van der Waals surface area contributed by atoms with Gasteiger partial charge in [-0.15, -0.1) is 0 Å². The molecule has 0 amide bonds. The minimum absolute atomic E-state index is 0.308. The van der Waals surface area contributed by atoms with E-state index in [0.717, 1.165) is 17.7 Å². The predicted octanol–water partition coefficient (Wildman–Crippen LogP) is 2.49. The van der Waals surface area contributed by atoms with Crippen LogP contribution in [0.15, 0.2) is 36.5 Å². The molecule has 0 bridgehead atoms. The van der Waals surface area contributed by atoms with E-state index in [-0.39, 0.29) is 0 Å². The lowest BCUT2D eigenvalue weighted by Crippen LogP contribution is -2.00. The maximum Gasteiger partial charge on any atom is 0.159 e. The zero-order chi connectivity index (χ0) is 11.5. The topological polar surface area (TPSA) is 38.9 Å². The number of rotatable bonds is 2. The second-order valence-electron chi connectivity index (χ2n) is 3.34. The van der Waals surface area contributed by atoms with Crippen LogP contribution in [0.3, 0.4) is 0 Å². The van der Waals surface area contributed by atoms with E-state index in [0.29, 0.717) is 17.8 Å². The Hall–Kier alpha value is -1.81. The minimum atomic E-state index is -0.883. The van der Waals surface area contributed by atoms with Crippen LogP contribution in [0.25, 0.3) is 11.3 Å². The van der Waals surface area contributed by atoms with Crippen molar-refractivity contribution in [2.24, 2.45) is 5.73 Å². The molecule has 1 aromatic carbocycles. The fourth-order valence-corrected chi connectivity index (χ4v) is 1.51. The summed E-state index contributed by atoms with van der Waals surface area (Å²) in [5, 5.41) is 0. The van der Waals surface area contributed by atoms with E-state index in [1.165, 1.54) is 6.07 Å². The predicted molar refractivity (Wildman–Crippen MR) is 57.5 cm³/mol. The second kappa shape index (κ2) is 4.37. The van der Waals surface area contributed by atoms with Crippen molar-refractivity contribution in [2.45, 2.75) is 6.54 Å². The molecule has 2 nitrogen and oxygen atoms in total. The molecule has 1 aromatic heterocycles. The zero-order valence-corrected chi connectivity index (χ0v) is 8.45. The van der Waals surface area contributed by atoms with Gasteiger partial charge in [-0.1, -0.05) is 6.07 Å². The highest BCUT2D eigenvalue weighted by atomic mass is 19.2. The van der Waals surface area contributed by atoms with Gasteiger partial charge in [-0.05, 0) is 29.8 Å². The molecule has 1 heterocycles. The summed E-state index contributed by atoms with van der Waals surface area (Å²) in [6.45, 7) is 0.308. The van der Waals surface area contributed by atoms with E-state index in [9.17, 15) is 8.78 Å². The second-order valence-corrected chi connectivity index (χ2v) is 3.34. The van der Waals surface area contributed by atoms with Crippen molar-refractivity contribution in [2.75, 3.05) is 0 Å². The van der Waals surface area contributed by atoms with Crippen molar-refractivity contribution < 1.29 is 8.78 Å². The third-order valence-corrected chi connectivity index (χ3v) is 2.30. The highest BCUT2D eigenvalue weighted by molar-refractivity contribution is 5.62. The Kier molecular flexibility index (Phi) is 2.92. The van der Waals surface area contributed by atoms with Crippen LogP contribution in [0.4, 0.5) is 8.78 Å². The minimum Gasteiger partial charge on any atom is -0.326 e. The molecule has 2 aromatic rings. The van der Waals surface area contributed by atoms with Crippen LogP contribution in [-0.4, -0.2) is 4.98 Å². The van der Waals surface area contributed by atoms with Gasteiger partial charge in [-0.3, -0.25) is 4.98 Å². The highest BCUT2D eigenvalue weighted by Crippen LogP contribution is 2.22. The Morgan fingerprint density at radius 2 is 1.94 bits per heavy atom. The first-order valence-electron chi connectivity index (χ1n) is 4.81. The van der Waals surface area contributed by atoms with Gasteiger partial charge in [-0.2, -0.15) is 0 Å². The summed E-state index contributed by atoms with van der Waals surface area (Å²) in [7, 11) is 0. The lowest BCUT2D eigenvalue weighted by Gasteiger charge is -2.06. The molecule has 0 atom stereocenters. The molecule has 0 aliphatic rings. The molecule has 0 aliphatic carbocycles. The van der Waals surface area contributed by atoms with Crippen LogP contribution in [0.2, 0.25) is 0 Å². The van der Waals surface area contributed by atoms with Crippen LogP contribution < -0.4 is 5.73 Å². The monoisotopic (exact) mass is 220 g/mol. The number of hydrogen-bond donors (Lipinski definition) is 1. The summed E-state index contributed by atoms with van der Waals surface area (Å²) in [6.07, 6.45) is 1.59. The lowest BCUT2D eigenvalue weighted by atomic mass is 10.1. The summed E-state index contributed by atoms with van der Waals surface area (Å²) in [6, 6.07) is 7.26. The standard InChI is InChI=1S/C12H10F2N2/c13-10-4-3-8(6-11(10)14)12-9(7-15)2-1-5-16-12/h1-6H,7,15H2. The lowest BCUT2D eigenvalue weighted by molar-refractivity contribution is 0.509. The average molecular weight is 220 g/mol. The SMILES string of the molecule is NCc1cccnc1-c1ccc(F)c(F)c1. The maximum absolute atomic E-state index is 13.1. The van der Waals surface area contributed by atoms with Gasteiger partial charge in [0.15, 0.2) is 11.6 Å². The van der Waals surface area contributed by atoms with E-state index in [1.807, 2.05) is 6.07 Å². The van der Waals surface area contributed by atoms with Gasteiger partial charge >= 0.3 is 0 Å². The van der Waals surface area contributed by atoms with Crippen LogP contribution >= 0.6 is 0 Å². The van der Waals surface area contributed by atoms with Gasteiger partial charge in [0.2, 0.25) is 0 Å². The first-order chi connectivity index (χ1) is 7.72. The Morgan fingerprint density at radius 1 is 1.12 bits per heavy atom. The van der Waals surface area contributed by atoms with Crippen molar-refractivity contribution in [1.29, 1.82) is 0 Å². The third kappa shape index (κ3) is 1.92. The van der Waals surface area contributed by atoms with Crippen LogP contribution in [0.5, 0.6) is 0 Å². The van der Waals surface area contributed by atoms with E-state index < -0.39 is 11.6 Å². The van der Waals surface area contributed by atoms with Gasteiger partial charge < -0.3 is 5.73 Å². The quantitative estimate of drug-likeness (QED) is 0.844. The van der Waals surface area contributed by atoms with Crippen molar-refractivity contribution in [3.05, 3.63) is 53.7 Å². The van der Waals surface area contributed by atoms with Crippen molar-refractivity contribution in [1.82, 2.24) is 4.98 Å². The first-order valence-corrected chi connectivity index (χ1v) is 4.81. The van der Waals surface area contributed by atoms with Crippen LogP contribution in [0.1, 0.15) is 5.56 Å². The van der Waals surface area contributed by atoms with Crippen molar-refractivity contribution in [3.63, 3.8) is 0 Å². The van der Waals surface area contributed by atoms with Gasteiger partial charge in [0.1, 0.15) is 0 Å². The molecule has 0 fully saturated rings. The molecule has 0 saturated heterocycles. The molecule has 0 saturated carbocycles. The molecule has 0 radical (unpaired) electrons. The van der Waals surface area contributed by atoms with E-state index in [1.54, 1.807) is 12.3 Å². The van der Waals surface area contributed by atoms with Crippen molar-refractivity contribution >= 4 is 0 Å². The summed E-state index contributed by atoms with van der Waals surface area (Å²) in [5.74, 6) is -1.75. The molecule has 16 heavy (non-hydrogen) atoms. The van der Waals surface area contributed by atoms with Gasteiger partial charge in [0.25, 0.3) is 0 Å². The van der Waals surface area contributed by atoms with Crippen LogP contribution in [0, 0.1) is 11.6 Å². The fraction of sp³-hybridized carbons (Fsp3) is 0.0833. The molecule has 82 valence electrons. The molecular formula is C12H10F2N2. The van der Waals surface area contributed by atoms with Crippen LogP contribution in [-0.2, 0) is 6.54 Å². The average Bonchev–Trinajstić information content (AvgIpc) is 2.32. The summed E-state index contributed by atoms with van der Waals surface area (Å²) in [4.78, 5) is 4.12. The molecule has 0 spiro atoms. The van der Waals surface area contributed by atoms with E-state index >= 15 is 0 Å². The maximum atomic E-state index is 13.1. The molecule has 2 N–H and O–H groups in total. The molecule has 0 unspecified atom stereocenters. The number of nitrogens with two attached hydrogens (primary N) is 1. The number of aromatic nitrogens is 1. The first kappa shape index (κ1) is 10.7. The largest absolute Gasteiger partial charge is 0.326 e. The van der Waals surface area contributed by atoms with Gasteiger partial charge in [0, 0.05) is 18.3 Å². The number of hydrogen-bond acceptors (Lipinski definition) is 2. The molecule has 0 aliphatic heterocycles. The highest BCUT2D eigenvalue weighted by Gasteiger charge is 2.08. The fourth-order valence-electron chi connectivity index (χ4n) is 1.51. The Morgan fingerprint density at radius 3 is 2.62 bits per heavy atom. The van der Waals surface area contributed by atoms with E-state index in [4.69, 9.17) is 5.73 Å². The summed E-state index contributed by atoms with van der Waals surface area (Å²) in [5.41, 5.74) is 7.46. The van der Waals surface area contributed by atoms with Crippen molar-refractivity contribution in [3.8, 4) is 11.3 Å². The third-order valence-electron chi connectivity index (χ3n) is 2.30. The Labute approximate surface area is 91.7 Å². The van der Waals surface area contributed by atoms with Gasteiger partial charge in [0.05, 0.1) is 5.69 Å². The number of halogens is 2. The normalized spacial score (nSPS) is 10.4. The summed E-state index contributed by atoms with van der Waals surface area (Å²) >= 11 is 0. The number of nitrogens with zero attached hydrogens (tertiary/aromatic N) is 1. The number of benzene rings is 1.